The van der Waals surface area contributed by atoms with E-state index in [-0.39, 0.29) is 0 Å². The molecule has 2 nitrogen and oxygen atoms in total. The first-order valence-corrected chi connectivity index (χ1v) is 6.83. The zero-order valence-electron chi connectivity index (χ0n) is 9.03. The van der Waals surface area contributed by atoms with E-state index in [9.17, 15) is 0 Å². The monoisotopic (exact) mass is 296 g/mol. The van der Waals surface area contributed by atoms with Crippen LogP contribution in [0.2, 0.25) is 0 Å². The number of nitrogens with zero attached hydrogens (tertiary/aromatic N) is 1. The number of aromatic nitrogens is 1. The minimum atomic E-state index is 0.841. The Kier molecular flexibility index (Phi) is 3.96. The molecule has 2 rings (SSSR count). The molecular formula is C12H13BrN2S. The summed E-state index contributed by atoms with van der Waals surface area (Å²) in [6, 6.07) is 10.2. The molecule has 4 heteroatoms. The smallest absolute Gasteiger partial charge is 0.127 e. The Balaban J connectivity index is 1.96. The van der Waals surface area contributed by atoms with Crippen LogP contribution in [0.5, 0.6) is 0 Å². The van der Waals surface area contributed by atoms with Crippen LogP contribution in [-0.2, 0) is 13.0 Å². The molecule has 0 spiro atoms. The van der Waals surface area contributed by atoms with Crippen LogP contribution in [0, 0.1) is 0 Å². The van der Waals surface area contributed by atoms with Crippen molar-refractivity contribution >= 4 is 33.1 Å². The summed E-state index contributed by atoms with van der Waals surface area (Å²) in [4.78, 5) is 7.10. The predicted molar refractivity (Wildman–Crippen MR) is 73.0 cm³/mol. The Morgan fingerprint density at radius 3 is 2.75 bits per heavy atom. The van der Waals surface area contributed by atoms with Gasteiger partial charge in [-0.05, 0) is 46.6 Å². The number of hydrogen-bond acceptors (Lipinski definition) is 3. The summed E-state index contributed by atoms with van der Waals surface area (Å²) in [7, 11) is 0. The van der Waals surface area contributed by atoms with Gasteiger partial charge in [0.25, 0.3) is 0 Å². The van der Waals surface area contributed by atoms with E-state index < -0.39 is 0 Å². The number of pyridine rings is 1. The molecule has 0 aromatic carbocycles. The highest BCUT2D eigenvalue weighted by Gasteiger charge is 1.99. The Hall–Kier alpha value is -0.870. The van der Waals surface area contributed by atoms with Crippen molar-refractivity contribution in [2.75, 3.05) is 5.32 Å². The maximum Gasteiger partial charge on any atom is 0.127 e. The van der Waals surface area contributed by atoms with E-state index in [0.29, 0.717) is 0 Å². The summed E-state index contributed by atoms with van der Waals surface area (Å²) >= 11 is 5.21. The lowest BCUT2D eigenvalue weighted by molar-refractivity contribution is 1.13. The Bertz CT molecular complexity index is 468. The van der Waals surface area contributed by atoms with Crippen LogP contribution in [0.4, 0.5) is 5.82 Å². The van der Waals surface area contributed by atoms with Gasteiger partial charge in [-0.2, -0.15) is 0 Å². The summed E-state index contributed by atoms with van der Waals surface area (Å²) in [5.41, 5.74) is 0. The SMILES string of the molecule is CCc1ccc(CNc2cccc(Br)n2)s1. The summed E-state index contributed by atoms with van der Waals surface area (Å²) in [6.45, 7) is 3.02. The lowest BCUT2D eigenvalue weighted by Crippen LogP contribution is -1.99. The topological polar surface area (TPSA) is 24.9 Å². The molecule has 0 atom stereocenters. The van der Waals surface area contributed by atoms with Crippen molar-refractivity contribution in [3.63, 3.8) is 0 Å². The van der Waals surface area contributed by atoms with E-state index in [0.717, 1.165) is 23.4 Å². The van der Waals surface area contributed by atoms with Gasteiger partial charge in [0.15, 0.2) is 0 Å². The predicted octanol–water partition coefficient (Wildman–Crippen LogP) is 4.08. The number of rotatable bonds is 4. The van der Waals surface area contributed by atoms with Crippen molar-refractivity contribution in [3.05, 3.63) is 44.7 Å². The molecule has 0 aliphatic rings. The maximum atomic E-state index is 4.33. The largest absolute Gasteiger partial charge is 0.365 e. The van der Waals surface area contributed by atoms with Crippen molar-refractivity contribution in [2.45, 2.75) is 19.9 Å². The molecule has 0 saturated carbocycles. The highest BCUT2D eigenvalue weighted by Crippen LogP contribution is 2.18. The van der Waals surface area contributed by atoms with E-state index >= 15 is 0 Å². The molecule has 0 unspecified atom stereocenters. The third-order valence-electron chi connectivity index (χ3n) is 2.22. The summed E-state index contributed by atoms with van der Waals surface area (Å²) < 4.78 is 0.859. The van der Waals surface area contributed by atoms with Gasteiger partial charge in [-0.15, -0.1) is 11.3 Å². The Morgan fingerprint density at radius 2 is 2.06 bits per heavy atom. The van der Waals surface area contributed by atoms with Gasteiger partial charge < -0.3 is 5.32 Å². The van der Waals surface area contributed by atoms with Crippen molar-refractivity contribution in [1.29, 1.82) is 0 Å². The Labute approximate surface area is 108 Å². The van der Waals surface area contributed by atoms with Crippen LogP contribution in [0.1, 0.15) is 16.7 Å². The summed E-state index contributed by atoms with van der Waals surface area (Å²) in [5, 5.41) is 3.31. The Morgan fingerprint density at radius 1 is 1.25 bits per heavy atom. The number of nitrogens with one attached hydrogen (secondary N) is 1. The van der Waals surface area contributed by atoms with E-state index in [2.05, 4.69) is 45.3 Å². The second kappa shape index (κ2) is 5.46. The van der Waals surface area contributed by atoms with Gasteiger partial charge >= 0.3 is 0 Å². The van der Waals surface area contributed by atoms with E-state index in [1.165, 1.54) is 9.75 Å². The number of anilines is 1. The fourth-order valence-corrected chi connectivity index (χ4v) is 2.63. The van der Waals surface area contributed by atoms with Gasteiger partial charge in [-0.25, -0.2) is 4.98 Å². The maximum absolute atomic E-state index is 4.33. The zero-order valence-corrected chi connectivity index (χ0v) is 11.4. The average Bonchev–Trinajstić information content (AvgIpc) is 2.74. The number of hydrogen-bond donors (Lipinski definition) is 1. The second-order valence-corrected chi connectivity index (χ2v) is 5.49. The van der Waals surface area contributed by atoms with Crippen LogP contribution in [-0.4, -0.2) is 4.98 Å². The molecule has 16 heavy (non-hydrogen) atoms. The minimum Gasteiger partial charge on any atom is -0.365 e. The standard InChI is InChI=1S/C12H13BrN2S/c1-2-9-6-7-10(16-9)8-14-12-5-3-4-11(13)15-12/h3-7H,2,8H2,1H3,(H,14,15). The molecule has 0 aliphatic heterocycles. The molecule has 1 N–H and O–H groups in total. The van der Waals surface area contributed by atoms with Crippen molar-refractivity contribution in [2.24, 2.45) is 0 Å². The van der Waals surface area contributed by atoms with Crippen molar-refractivity contribution in [1.82, 2.24) is 4.98 Å². The van der Waals surface area contributed by atoms with Gasteiger partial charge in [-0.3, -0.25) is 0 Å². The van der Waals surface area contributed by atoms with Gasteiger partial charge in [0, 0.05) is 9.75 Å². The van der Waals surface area contributed by atoms with E-state index in [4.69, 9.17) is 0 Å². The second-order valence-electron chi connectivity index (χ2n) is 3.42. The molecule has 0 bridgehead atoms. The number of halogens is 1. The molecular weight excluding hydrogens is 284 g/mol. The average molecular weight is 297 g/mol. The summed E-state index contributed by atoms with van der Waals surface area (Å²) in [5.74, 6) is 0.904. The third-order valence-corrected chi connectivity index (χ3v) is 3.90. The molecule has 2 aromatic heterocycles. The quantitative estimate of drug-likeness (QED) is 0.860. The lowest BCUT2D eigenvalue weighted by Gasteiger charge is -2.03. The summed E-state index contributed by atoms with van der Waals surface area (Å²) in [6.07, 6.45) is 1.11. The molecule has 0 aliphatic carbocycles. The lowest BCUT2D eigenvalue weighted by atomic mass is 10.3. The fraction of sp³-hybridized carbons (Fsp3) is 0.250. The van der Waals surface area contributed by atoms with Crippen LogP contribution in [0.25, 0.3) is 0 Å². The van der Waals surface area contributed by atoms with Crippen LogP contribution in [0.15, 0.2) is 34.9 Å². The van der Waals surface area contributed by atoms with Crippen molar-refractivity contribution in [3.8, 4) is 0 Å². The minimum absolute atomic E-state index is 0.841. The zero-order chi connectivity index (χ0) is 11.4. The van der Waals surface area contributed by atoms with Gasteiger partial charge in [-0.1, -0.05) is 13.0 Å². The van der Waals surface area contributed by atoms with Gasteiger partial charge in [0.05, 0.1) is 6.54 Å². The van der Waals surface area contributed by atoms with Crippen LogP contribution in [0.3, 0.4) is 0 Å². The van der Waals surface area contributed by atoms with Crippen LogP contribution < -0.4 is 5.32 Å². The van der Waals surface area contributed by atoms with E-state index in [1.54, 1.807) is 0 Å². The molecule has 0 saturated heterocycles. The first-order valence-electron chi connectivity index (χ1n) is 5.22. The first kappa shape index (κ1) is 11.6. The highest BCUT2D eigenvalue weighted by molar-refractivity contribution is 9.10. The van der Waals surface area contributed by atoms with Gasteiger partial charge in [0.1, 0.15) is 10.4 Å². The molecule has 0 amide bonds. The molecule has 2 aromatic rings. The number of thiophene rings is 1. The highest BCUT2D eigenvalue weighted by atomic mass is 79.9. The normalized spacial score (nSPS) is 10.4. The van der Waals surface area contributed by atoms with Crippen LogP contribution >= 0.6 is 27.3 Å². The van der Waals surface area contributed by atoms with Crippen molar-refractivity contribution < 1.29 is 0 Å². The molecule has 0 fully saturated rings. The molecule has 84 valence electrons. The first-order chi connectivity index (χ1) is 7.78. The molecule has 2 heterocycles. The molecule has 0 radical (unpaired) electrons. The van der Waals surface area contributed by atoms with E-state index in [1.807, 2.05) is 29.5 Å². The fourth-order valence-electron chi connectivity index (χ4n) is 1.39. The number of aryl methyl sites for hydroxylation is 1. The third kappa shape index (κ3) is 3.06. The van der Waals surface area contributed by atoms with Gasteiger partial charge in [0.2, 0.25) is 0 Å².